The largest absolute Gasteiger partial charge is 0.340 e. The Labute approximate surface area is 160 Å². The van der Waals surface area contributed by atoms with E-state index in [1.807, 2.05) is 55.5 Å². The maximum Gasteiger partial charge on any atom is 0.329 e. The van der Waals surface area contributed by atoms with Gasteiger partial charge in [-0.1, -0.05) is 54.6 Å². The van der Waals surface area contributed by atoms with Crippen LogP contribution >= 0.6 is 0 Å². The first-order valence-electron chi connectivity index (χ1n) is 9.19. The van der Waals surface area contributed by atoms with Crippen LogP contribution in [-0.2, 0) is 6.54 Å². The molecule has 0 saturated carbocycles. The van der Waals surface area contributed by atoms with Crippen molar-refractivity contribution in [3.8, 4) is 0 Å². The maximum absolute atomic E-state index is 13.3. The lowest BCUT2D eigenvalue weighted by Crippen LogP contribution is -2.38. The van der Waals surface area contributed by atoms with E-state index in [0.717, 1.165) is 11.1 Å². The summed E-state index contributed by atoms with van der Waals surface area (Å²) in [6.07, 6.45) is 0. The third-order valence-electron chi connectivity index (χ3n) is 5.46. The zero-order valence-corrected chi connectivity index (χ0v) is 15.2. The molecule has 0 fully saturated rings. The summed E-state index contributed by atoms with van der Waals surface area (Å²) in [5, 5.41) is 3.25. The molecule has 3 aromatic rings. The van der Waals surface area contributed by atoms with Gasteiger partial charge in [0.15, 0.2) is 5.78 Å². The van der Waals surface area contributed by atoms with Crippen LogP contribution in [0.5, 0.6) is 0 Å². The summed E-state index contributed by atoms with van der Waals surface area (Å²) in [5.41, 5.74) is 2.92. The molecule has 6 heteroatoms. The van der Waals surface area contributed by atoms with Crippen LogP contribution in [0.15, 0.2) is 69.8 Å². The number of ketones is 1. The van der Waals surface area contributed by atoms with E-state index >= 15 is 0 Å². The van der Waals surface area contributed by atoms with E-state index < -0.39 is 17.2 Å². The van der Waals surface area contributed by atoms with Gasteiger partial charge < -0.3 is 5.32 Å². The highest BCUT2D eigenvalue weighted by atomic mass is 16.2. The fourth-order valence-electron chi connectivity index (χ4n) is 4.25. The third kappa shape index (κ3) is 2.11. The number of H-pyrrole nitrogens is 1. The van der Waals surface area contributed by atoms with E-state index in [9.17, 15) is 14.4 Å². The first-order chi connectivity index (χ1) is 13.6. The van der Waals surface area contributed by atoms with Gasteiger partial charge in [0.1, 0.15) is 5.82 Å². The monoisotopic (exact) mass is 371 g/mol. The number of carbonyl (C=O) groups excluding carboxylic acids is 1. The number of anilines is 1. The number of carbonyl (C=O) groups is 1. The van der Waals surface area contributed by atoms with Crippen molar-refractivity contribution in [3.05, 3.63) is 103 Å². The zero-order chi connectivity index (χ0) is 19.4. The Morgan fingerprint density at radius 3 is 2.32 bits per heavy atom. The standard InChI is InChI=1S/C22H17N3O3/c1-2-25-20-17(21(27)24-22(25)28)15(12-8-4-3-5-9-12)16-18(23-20)13-10-6-7-11-14(13)19(16)26/h3-11,15,23H,2H2,1H3,(H,24,27,28)/t15-/m0/s1. The van der Waals surface area contributed by atoms with Crippen LogP contribution in [0.4, 0.5) is 5.82 Å². The summed E-state index contributed by atoms with van der Waals surface area (Å²) in [4.78, 5) is 40.9. The van der Waals surface area contributed by atoms with Crippen LogP contribution < -0.4 is 16.6 Å². The summed E-state index contributed by atoms with van der Waals surface area (Å²) in [6.45, 7) is 2.24. The number of nitrogens with zero attached hydrogens (tertiary/aromatic N) is 1. The number of hydrogen-bond acceptors (Lipinski definition) is 4. The highest BCUT2D eigenvalue weighted by Gasteiger charge is 2.42. The SMILES string of the molecule is CCn1c2c(c(=O)[nH]c1=O)[C@@H](c1ccccc1)C1=C(N2)c2ccccc2C1=O. The number of rotatable bonds is 2. The molecule has 6 nitrogen and oxygen atoms in total. The lowest BCUT2D eigenvalue weighted by atomic mass is 9.81. The second-order valence-corrected chi connectivity index (χ2v) is 6.90. The normalized spacial score (nSPS) is 17.0. The first-order valence-corrected chi connectivity index (χ1v) is 9.19. The van der Waals surface area contributed by atoms with Crippen molar-refractivity contribution >= 4 is 17.3 Å². The van der Waals surface area contributed by atoms with Crippen LogP contribution in [0.3, 0.4) is 0 Å². The van der Waals surface area contributed by atoms with E-state index in [1.54, 1.807) is 6.07 Å². The zero-order valence-electron chi connectivity index (χ0n) is 15.2. The van der Waals surface area contributed by atoms with Crippen LogP contribution in [0.25, 0.3) is 5.70 Å². The number of aromatic amines is 1. The molecule has 2 aliphatic rings. The molecule has 1 atom stereocenters. The molecule has 0 unspecified atom stereocenters. The molecule has 1 aliphatic heterocycles. The molecule has 2 aromatic carbocycles. The smallest absolute Gasteiger partial charge is 0.329 e. The number of Topliss-reactive ketones (excluding diaryl/α,β-unsaturated/α-hetero) is 1. The molecule has 0 amide bonds. The Hall–Kier alpha value is -3.67. The molecular formula is C22H17N3O3. The minimum Gasteiger partial charge on any atom is -0.340 e. The van der Waals surface area contributed by atoms with Crippen molar-refractivity contribution in [2.45, 2.75) is 19.4 Å². The van der Waals surface area contributed by atoms with Crippen LogP contribution in [0, 0.1) is 0 Å². The van der Waals surface area contributed by atoms with Gasteiger partial charge in [0.2, 0.25) is 0 Å². The average molecular weight is 371 g/mol. The summed E-state index contributed by atoms with van der Waals surface area (Å²) in [7, 11) is 0. The Bertz CT molecular complexity index is 1280. The molecule has 0 radical (unpaired) electrons. The van der Waals surface area contributed by atoms with Gasteiger partial charge in [-0.3, -0.25) is 19.1 Å². The second kappa shape index (κ2) is 5.92. The van der Waals surface area contributed by atoms with Crippen molar-refractivity contribution in [2.24, 2.45) is 0 Å². The van der Waals surface area contributed by atoms with Crippen LogP contribution in [0.1, 0.15) is 39.9 Å². The minimum atomic E-state index is -0.547. The first kappa shape index (κ1) is 16.5. The molecule has 138 valence electrons. The molecule has 0 saturated heterocycles. The summed E-state index contributed by atoms with van der Waals surface area (Å²) < 4.78 is 1.50. The fraction of sp³-hybridized carbons (Fsp3) is 0.136. The molecule has 5 rings (SSSR count). The van der Waals surface area contributed by atoms with Gasteiger partial charge in [-0.25, -0.2) is 4.79 Å². The molecule has 2 N–H and O–H groups in total. The molecule has 1 aliphatic carbocycles. The van der Waals surface area contributed by atoms with Crippen molar-refractivity contribution in [3.63, 3.8) is 0 Å². The predicted octanol–water partition coefficient (Wildman–Crippen LogP) is 2.72. The van der Waals surface area contributed by atoms with E-state index in [-0.39, 0.29) is 5.78 Å². The number of aromatic nitrogens is 2. The number of hydrogen-bond donors (Lipinski definition) is 2. The van der Waals surface area contributed by atoms with Crippen LogP contribution in [0.2, 0.25) is 0 Å². The van der Waals surface area contributed by atoms with Crippen molar-refractivity contribution in [1.29, 1.82) is 0 Å². The molecule has 1 aromatic heterocycles. The van der Waals surface area contributed by atoms with Crippen LogP contribution in [-0.4, -0.2) is 15.3 Å². The number of benzene rings is 2. The molecule has 2 heterocycles. The van der Waals surface area contributed by atoms with Gasteiger partial charge in [-0.15, -0.1) is 0 Å². The topological polar surface area (TPSA) is 84.0 Å². The molecule has 28 heavy (non-hydrogen) atoms. The van der Waals surface area contributed by atoms with Crippen molar-refractivity contribution in [2.75, 3.05) is 5.32 Å². The lowest BCUT2D eigenvalue weighted by molar-refractivity contribution is 0.103. The average Bonchev–Trinajstić information content (AvgIpc) is 3.00. The number of allylic oxidation sites excluding steroid dienone is 1. The Kier molecular flexibility index (Phi) is 3.49. The van der Waals surface area contributed by atoms with Crippen molar-refractivity contribution < 1.29 is 4.79 Å². The second-order valence-electron chi connectivity index (χ2n) is 6.90. The van der Waals surface area contributed by atoms with E-state index in [0.29, 0.717) is 34.8 Å². The Balaban J connectivity index is 1.88. The third-order valence-corrected chi connectivity index (χ3v) is 5.46. The number of nitrogens with one attached hydrogen (secondary N) is 2. The Morgan fingerprint density at radius 1 is 0.929 bits per heavy atom. The van der Waals surface area contributed by atoms with Gasteiger partial charge in [0, 0.05) is 29.2 Å². The van der Waals surface area contributed by atoms with Gasteiger partial charge in [-0.05, 0) is 12.5 Å². The summed E-state index contributed by atoms with van der Waals surface area (Å²) in [6, 6.07) is 16.8. The highest BCUT2D eigenvalue weighted by Crippen LogP contribution is 2.47. The fourth-order valence-corrected chi connectivity index (χ4v) is 4.25. The highest BCUT2D eigenvalue weighted by molar-refractivity contribution is 6.23. The van der Waals surface area contributed by atoms with Gasteiger partial charge in [0.25, 0.3) is 5.56 Å². The summed E-state index contributed by atoms with van der Waals surface area (Å²) >= 11 is 0. The van der Waals surface area contributed by atoms with Crippen molar-refractivity contribution in [1.82, 2.24) is 9.55 Å². The quantitative estimate of drug-likeness (QED) is 0.726. The molecule has 0 bridgehead atoms. The van der Waals surface area contributed by atoms with Gasteiger partial charge >= 0.3 is 5.69 Å². The Morgan fingerprint density at radius 2 is 1.61 bits per heavy atom. The molecule has 0 spiro atoms. The predicted molar refractivity (Wildman–Crippen MR) is 107 cm³/mol. The minimum absolute atomic E-state index is 0.0914. The molecular weight excluding hydrogens is 354 g/mol. The summed E-state index contributed by atoms with van der Waals surface area (Å²) in [5.74, 6) is -0.186. The van der Waals surface area contributed by atoms with E-state index in [4.69, 9.17) is 0 Å². The van der Waals surface area contributed by atoms with Gasteiger partial charge in [0.05, 0.1) is 11.3 Å². The van der Waals surface area contributed by atoms with E-state index in [2.05, 4.69) is 10.3 Å². The van der Waals surface area contributed by atoms with Gasteiger partial charge in [-0.2, -0.15) is 0 Å². The lowest BCUT2D eigenvalue weighted by Gasteiger charge is -2.29. The number of fused-ring (bicyclic) bond motifs is 3. The van der Waals surface area contributed by atoms with E-state index in [1.165, 1.54) is 4.57 Å². The maximum atomic E-state index is 13.3.